The monoisotopic (exact) mass is 388 g/mol. The number of rotatable bonds is 8. The topological polar surface area (TPSA) is 114 Å². The van der Waals surface area contributed by atoms with Crippen LogP contribution in [0.15, 0.2) is 0 Å². The van der Waals surface area contributed by atoms with Crippen LogP contribution in [0.25, 0.3) is 0 Å². The molecular formula is C6H12Li2O6S2Te. The molecule has 0 bridgehead atoms. The van der Waals surface area contributed by atoms with Crippen LogP contribution in [-0.4, -0.2) is 58.4 Å². The van der Waals surface area contributed by atoms with E-state index in [0.717, 1.165) is 0 Å². The van der Waals surface area contributed by atoms with Crippen molar-refractivity contribution in [2.24, 2.45) is 0 Å². The Labute approximate surface area is 137 Å². The van der Waals surface area contributed by atoms with Crippen LogP contribution < -0.4 is 37.7 Å². The van der Waals surface area contributed by atoms with Crippen molar-refractivity contribution in [1.29, 1.82) is 0 Å². The van der Waals surface area contributed by atoms with Crippen molar-refractivity contribution >= 4 is 41.2 Å². The SMILES string of the molecule is O=S(=O)([O-])CCC[Te]CCCS(=O)(=O)[O-].[Li+].[Li+]. The minimum atomic E-state index is -4.12. The van der Waals surface area contributed by atoms with Gasteiger partial charge in [0.2, 0.25) is 0 Å². The van der Waals surface area contributed by atoms with Crippen LogP contribution in [0, 0.1) is 0 Å². The molecule has 0 saturated heterocycles. The van der Waals surface area contributed by atoms with Gasteiger partial charge in [-0.05, 0) is 0 Å². The third kappa shape index (κ3) is 23.3. The summed E-state index contributed by atoms with van der Waals surface area (Å²) >= 11 is -0.459. The molecule has 0 amide bonds. The largest absolute Gasteiger partial charge is 1.00 e. The zero-order valence-electron chi connectivity index (χ0n) is 9.92. The van der Waals surface area contributed by atoms with Gasteiger partial charge in [-0.25, -0.2) is 0 Å². The molecular weight excluding hydrogens is 374 g/mol. The molecule has 0 radical (unpaired) electrons. The first-order valence-corrected chi connectivity index (χ1v) is 10.6. The van der Waals surface area contributed by atoms with E-state index in [4.69, 9.17) is 0 Å². The average Bonchev–Trinajstić information content (AvgIpc) is 1.98. The fraction of sp³-hybridized carbons (Fsp3) is 1.00. The van der Waals surface area contributed by atoms with Gasteiger partial charge in [0.25, 0.3) is 0 Å². The molecule has 0 atom stereocenters. The van der Waals surface area contributed by atoms with Gasteiger partial charge in [0.05, 0.1) is 0 Å². The Hall–Kier alpha value is 1.80. The van der Waals surface area contributed by atoms with E-state index in [0.29, 0.717) is 21.8 Å². The van der Waals surface area contributed by atoms with Gasteiger partial charge in [0.15, 0.2) is 0 Å². The molecule has 0 spiro atoms. The molecule has 0 unspecified atom stereocenters. The second kappa shape index (κ2) is 11.6. The van der Waals surface area contributed by atoms with E-state index in [-0.39, 0.29) is 49.2 Å². The van der Waals surface area contributed by atoms with E-state index in [2.05, 4.69) is 0 Å². The summed E-state index contributed by atoms with van der Waals surface area (Å²) in [5, 5.41) is 0. The Balaban J connectivity index is -0.000000980. The smallest absolute Gasteiger partial charge is 1.00 e. The van der Waals surface area contributed by atoms with Gasteiger partial charge in [-0.1, -0.05) is 0 Å². The molecule has 6 nitrogen and oxygen atoms in total. The Bertz CT molecular complexity index is 332. The molecule has 0 aliphatic carbocycles. The van der Waals surface area contributed by atoms with Crippen molar-refractivity contribution in [3.63, 3.8) is 0 Å². The maximum atomic E-state index is 10.2. The van der Waals surface area contributed by atoms with E-state index in [1.165, 1.54) is 0 Å². The fourth-order valence-corrected chi connectivity index (χ4v) is 5.49. The maximum Gasteiger partial charge on any atom is 1.00 e. The molecule has 17 heavy (non-hydrogen) atoms. The summed E-state index contributed by atoms with van der Waals surface area (Å²) in [7, 11) is -8.23. The third-order valence-corrected chi connectivity index (χ3v) is 6.24. The van der Waals surface area contributed by atoms with Crippen LogP contribution in [-0.2, 0) is 20.2 Å². The van der Waals surface area contributed by atoms with Gasteiger partial charge in [-0.2, -0.15) is 0 Å². The fourth-order valence-electron chi connectivity index (χ4n) is 0.778. The quantitative estimate of drug-likeness (QED) is 0.233. The third-order valence-electron chi connectivity index (χ3n) is 1.37. The van der Waals surface area contributed by atoms with Gasteiger partial charge in [0.1, 0.15) is 0 Å². The van der Waals surface area contributed by atoms with Crippen LogP contribution >= 0.6 is 0 Å². The second-order valence-electron chi connectivity index (χ2n) is 2.84. The zero-order chi connectivity index (χ0) is 11.9. The van der Waals surface area contributed by atoms with E-state index in [1.54, 1.807) is 0 Å². The summed E-state index contributed by atoms with van der Waals surface area (Å²) in [5.74, 6) is -0.699. The minimum absolute atomic E-state index is 0. The first kappa shape index (κ1) is 23.9. The van der Waals surface area contributed by atoms with Crippen LogP contribution in [0.3, 0.4) is 0 Å². The Kier molecular flexibility index (Phi) is 16.3. The summed E-state index contributed by atoms with van der Waals surface area (Å²) < 4.78 is 62.5. The molecule has 0 aromatic heterocycles. The summed E-state index contributed by atoms with van der Waals surface area (Å²) in [5.41, 5.74) is 0. The molecule has 0 N–H and O–H groups in total. The zero-order valence-corrected chi connectivity index (χ0v) is 13.9. The molecule has 0 aromatic carbocycles. The molecule has 0 aromatic rings. The summed E-state index contributed by atoms with van der Waals surface area (Å²) in [6, 6.07) is 0. The first-order valence-electron chi connectivity index (χ1n) is 4.15. The molecule has 11 heteroatoms. The Morgan fingerprint density at radius 3 is 1.29 bits per heavy atom. The number of hydrogen-bond acceptors (Lipinski definition) is 6. The van der Waals surface area contributed by atoms with E-state index in [1.807, 2.05) is 0 Å². The van der Waals surface area contributed by atoms with Gasteiger partial charge >= 0.3 is 138 Å². The minimum Gasteiger partial charge on any atom is 1.00 e. The normalized spacial score (nSPS) is 11.4. The van der Waals surface area contributed by atoms with Crippen molar-refractivity contribution in [3.05, 3.63) is 0 Å². The standard InChI is InChI=1S/C6H14O6S2Te.2Li/c7-13(8,9)3-1-5-15-6-2-4-14(10,11)12;;/h1-6H2,(H,7,8,9)(H,10,11,12);;/q;2*+1/p-2. The Morgan fingerprint density at radius 2 is 1.06 bits per heavy atom. The summed E-state index contributed by atoms with van der Waals surface area (Å²) in [6.07, 6.45) is 0.691. The van der Waals surface area contributed by atoms with Crippen molar-refractivity contribution < 1.29 is 63.7 Å². The van der Waals surface area contributed by atoms with Crippen LogP contribution in [0.4, 0.5) is 0 Å². The van der Waals surface area contributed by atoms with Crippen LogP contribution in [0.2, 0.25) is 8.94 Å². The second-order valence-corrected chi connectivity index (χ2v) is 9.39. The van der Waals surface area contributed by atoms with Gasteiger partial charge < -0.3 is 0 Å². The molecule has 0 heterocycles. The molecule has 0 rings (SSSR count). The van der Waals surface area contributed by atoms with Gasteiger partial charge in [-0.15, -0.1) is 0 Å². The predicted molar refractivity (Wildman–Crippen MR) is 53.7 cm³/mol. The Morgan fingerprint density at radius 1 is 0.765 bits per heavy atom. The van der Waals surface area contributed by atoms with E-state index >= 15 is 0 Å². The molecule has 0 aliphatic rings. The molecule has 0 saturated carbocycles. The molecule has 0 fully saturated rings. The van der Waals surface area contributed by atoms with Gasteiger partial charge in [0, 0.05) is 0 Å². The first-order chi connectivity index (χ1) is 6.71. The van der Waals surface area contributed by atoms with Crippen molar-refractivity contribution in [2.75, 3.05) is 11.5 Å². The maximum absolute atomic E-state index is 10.2. The summed E-state index contributed by atoms with van der Waals surface area (Å²) in [6.45, 7) is 0. The van der Waals surface area contributed by atoms with Gasteiger partial charge in [-0.3, -0.25) is 0 Å². The number of hydrogen-bond donors (Lipinski definition) is 0. The van der Waals surface area contributed by atoms with E-state index in [9.17, 15) is 25.9 Å². The van der Waals surface area contributed by atoms with Crippen LogP contribution in [0.1, 0.15) is 12.8 Å². The average molecular weight is 386 g/mol. The van der Waals surface area contributed by atoms with Crippen molar-refractivity contribution in [1.82, 2.24) is 0 Å². The molecule has 0 aliphatic heterocycles. The molecule has 92 valence electrons. The predicted octanol–water partition coefficient (Wildman–Crippen LogP) is -6.59. The van der Waals surface area contributed by atoms with Crippen LogP contribution in [0.5, 0.6) is 0 Å². The van der Waals surface area contributed by atoms with Crippen molar-refractivity contribution in [3.8, 4) is 0 Å². The van der Waals surface area contributed by atoms with E-state index < -0.39 is 41.2 Å². The van der Waals surface area contributed by atoms with Crippen molar-refractivity contribution in [2.45, 2.75) is 21.8 Å². The summed E-state index contributed by atoms with van der Waals surface area (Å²) in [4.78, 5) is 0.